The van der Waals surface area contributed by atoms with Crippen molar-refractivity contribution in [1.82, 2.24) is 0 Å². The minimum absolute atomic E-state index is 0.860. The second-order valence-electron chi connectivity index (χ2n) is 18.3. The van der Waals surface area contributed by atoms with E-state index < -0.39 is 0 Å². The molecule has 15 aromatic rings. The molecule has 4 nitrogen and oxygen atoms in total. The van der Waals surface area contributed by atoms with Gasteiger partial charge in [-0.25, -0.2) is 0 Å². The van der Waals surface area contributed by atoms with Gasteiger partial charge in [0.1, 0.15) is 11.2 Å². The highest BCUT2D eigenvalue weighted by Gasteiger charge is 2.24. The summed E-state index contributed by atoms with van der Waals surface area (Å²) in [7, 11) is 0. The molecule has 0 atom stereocenters. The Morgan fingerprint density at radius 3 is 1.23 bits per heavy atom. The number of para-hydroxylation sites is 4. The van der Waals surface area contributed by atoms with Gasteiger partial charge in [0.05, 0.1) is 22.7 Å². The van der Waals surface area contributed by atoms with E-state index in [1.807, 2.05) is 12.1 Å². The van der Waals surface area contributed by atoms with Crippen molar-refractivity contribution in [3.8, 4) is 0 Å². The summed E-state index contributed by atoms with van der Waals surface area (Å²) < 4.78 is 13.5. The topological polar surface area (TPSA) is 32.8 Å². The minimum atomic E-state index is 0.860. The average Bonchev–Trinajstić information content (AvgIpc) is 4.01. The Bertz CT molecular complexity index is 4600. The van der Waals surface area contributed by atoms with Crippen LogP contribution in [0.3, 0.4) is 0 Å². The third-order valence-electron chi connectivity index (χ3n) is 14.6. The molecule has 0 aliphatic carbocycles. The summed E-state index contributed by atoms with van der Waals surface area (Å²) in [5.74, 6) is 0. The number of benzene rings is 13. The summed E-state index contributed by atoms with van der Waals surface area (Å²) >= 11 is 0. The fraction of sp³-hybridized carbons (Fsp3) is 0. The van der Waals surface area contributed by atoms with Gasteiger partial charge in [-0.3, -0.25) is 0 Å². The van der Waals surface area contributed by atoms with Crippen molar-refractivity contribution < 1.29 is 8.83 Å². The number of fused-ring (bicyclic) bond motifs is 16. The van der Waals surface area contributed by atoms with Crippen LogP contribution in [-0.2, 0) is 0 Å². The lowest BCUT2D eigenvalue weighted by atomic mass is 9.90. The fourth-order valence-corrected chi connectivity index (χ4v) is 11.5. The molecule has 15 rings (SSSR count). The third kappa shape index (κ3) is 5.71. The molecule has 0 aliphatic rings. The molecule has 2 aromatic heterocycles. The van der Waals surface area contributed by atoms with Crippen LogP contribution in [0, 0.1) is 0 Å². The smallest absolute Gasteiger partial charge is 0.159 e. The molecule has 0 bridgehead atoms. The fourth-order valence-electron chi connectivity index (χ4n) is 11.5. The van der Waals surface area contributed by atoms with Crippen molar-refractivity contribution in [2.45, 2.75) is 0 Å². The summed E-state index contributed by atoms with van der Waals surface area (Å²) in [6.45, 7) is 0. The van der Waals surface area contributed by atoms with Crippen molar-refractivity contribution in [3.05, 3.63) is 243 Å². The van der Waals surface area contributed by atoms with Gasteiger partial charge >= 0.3 is 0 Å². The van der Waals surface area contributed by atoms with Crippen LogP contribution < -0.4 is 9.80 Å². The average molecular weight is 893 g/mol. The highest BCUT2D eigenvalue weighted by molar-refractivity contribution is 6.32. The lowest BCUT2D eigenvalue weighted by molar-refractivity contribution is 0.669. The molecule has 13 aromatic carbocycles. The summed E-state index contributed by atoms with van der Waals surface area (Å²) in [5.41, 5.74) is 9.75. The van der Waals surface area contributed by atoms with Crippen molar-refractivity contribution in [2.24, 2.45) is 0 Å². The lowest BCUT2D eigenvalue weighted by Gasteiger charge is -2.28. The third-order valence-corrected chi connectivity index (χ3v) is 14.6. The highest BCUT2D eigenvalue weighted by Crippen LogP contribution is 2.49. The predicted molar refractivity (Wildman–Crippen MR) is 295 cm³/mol. The van der Waals surface area contributed by atoms with Crippen molar-refractivity contribution in [2.75, 3.05) is 9.80 Å². The predicted octanol–water partition coefficient (Wildman–Crippen LogP) is 19.3. The molecular formula is C66H40N2O2. The first-order chi connectivity index (χ1) is 34.7. The first-order valence-corrected chi connectivity index (χ1v) is 23.9. The molecule has 0 unspecified atom stereocenters. The van der Waals surface area contributed by atoms with E-state index in [4.69, 9.17) is 8.83 Å². The summed E-state index contributed by atoms with van der Waals surface area (Å²) in [6.07, 6.45) is 0. The Balaban J connectivity index is 0.951. The van der Waals surface area contributed by atoms with E-state index >= 15 is 0 Å². The van der Waals surface area contributed by atoms with Crippen LogP contribution in [0.15, 0.2) is 251 Å². The summed E-state index contributed by atoms with van der Waals surface area (Å²) in [6, 6.07) is 87.6. The van der Waals surface area contributed by atoms with Gasteiger partial charge in [0, 0.05) is 43.7 Å². The van der Waals surface area contributed by atoms with Gasteiger partial charge in [0.25, 0.3) is 0 Å². The molecule has 70 heavy (non-hydrogen) atoms. The molecule has 0 radical (unpaired) electrons. The van der Waals surface area contributed by atoms with Crippen LogP contribution in [-0.4, -0.2) is 0 Å². The molecular weight excluding hydrogens is 853 g/mol. The van der Waals surface area contributed by atoms with Gasteiger partial charge in [-0.05, 0) is 115 Å². The van der Waals surface area contributed by atoms with E-state index in [9.17, 15) is 0 Å². The Hall–Kier alpha value is -9.38. The number of nitrogens with zero attached hydrogens (tertiary/aromatic N) is 2. The first-order valence-electron chi connectivity index (χ1n) is 23.9. The number of hydrogen-bond acceptors (Lipinski definition) is 4. The van der Waals surface area contributed by atoms with E-state index in [0.717, 1.165) is 83.4 Å². The summed E-state index contributed by atoms with van der Waals surface area (Å²) in [5, 5.41) is 18.8. The van der Waals surface area contributed by atoms with Gasteiger partial charge in [-0.1, -0.05) is 182 Å². The highest BCUT2D eigenvalue weighted by atomic mass is 16.3. The second kappa shape index (κ2) is 15.1. The Morgan fingerprint density at radius 1 is 0.229 bits per heavy atom. The SMILES string of the molecule is c1ccc2c(N(c3ccc4c(ccc5c6ccc(N(c7cccc8ccccc78)c7cccc8c7oc7ccccc78)cc6c6ccccc6c45)c3)c3cccc4c3oc3ccccc34)cccc2c1. The monoisotopic (exact) mass is 892 g/mol. The maximum absolute atomic E-state index is 6.75. The molecule has 0 saturated heterocycles. The maximum atomic E-state index is 6.75. The standard InChI is InChI=1S/C66H40N2O2/c1-3-19-46-41(15-1)17-11-27-58(46)67(60-29-13-25-55-51-22-7-9-31-62(51)69-65(55)60)44-34-37-48-43(39-44)33-36-54-50-38-35-45(40-57(50)49-21-5-6-24-53(49)64(48)54)68(59-28-12-18-42-16-2-4-20-47(42)59)61-30-14-26-56-52-23-8-10-32-63(52)70-66(56)61/h1-40H. The number of hydrogen-bond donors (Lipinski definition) is 0. The summed E-state index contributed by atoms with van der Waals surface area (Å²) in [4.78, 5) is 4.77. The molecule has 0 spiro atoms. The normalized spacial score (nSPS) is 12.0. The van der Waals surface area contributed by atoms with Gasteiger partial charge in [0.2, 0.25) is 0 Å². The quantitative estimate of drug-likeness (QED) is 0.156. The minimum Gasteiger partial charge on any atom is -0.454 e. The Morgan fingerprint density at radius 2 is 0.629 bits per heavy atom. The molecule has 326 valence electrons. The number of anilines is 6. The largest absolute Gasteiger partial charge is 0.454 e. The van der Waals surface area contributed by atoms with E-state index in [1.165, 1.54) is 59.2 Å². The van der Waals surface area contributed by atoms with Crippen LogP contribution >= 0.6 is 0 Å². The zero-order chi connectivity index (χ0) is 45.9. The molecule has 0 saturated carbocycles. The van der Waals surface area contributed by atoms with Gasteiger partial charge in [-0.15, -0.1) is 0 Å². The molecule has 4 heteroatoms. The zero-order valence-electron chi connectivity index (χ0n) is 37.8. The van der Waals surface area contributed by atoms with Crippen molar-refractivity contribution in [3.63, 3.8) is 0 Å². The molecule has 0 fully saturated rings. The van der Waals surface area contributed by atoms with E-state index in [1.54, 1.807) is 0 Å². The van der Waals surface area contributed by atoms with Crippen LogP contribution in [0.25, 0.3) is 109 Å². The van der Waals surface area contributed by atoms with Crippen LogP contribution in [0.2, 0.25) is 0 Å². The number of rotatable bonds is 6. The van der Waals surface area contributed by atoms with E-state index in [2.05, 4.69) is 240 Å². The number of furan rings is 2. The van der Waals surface area contributed by atoms with Gasteiger partial charge < -0.3 is 18.6 Å². The van der Waals surface area contributed by atoms with Crippen LogP contribution in [0.4, 0.5) is 34.1 Å². The van der Waals surface area contributed by atoms with E-state index in [0.29, 0.717) is 0 Å². The second-order valence-corrected chi connectivity index (χ2v) is 18.3. The van der Waals surface area contributed by atoms with Gasteiger partial charge in [0.15, 0.2) is 11.2 Å². The van der Waals surface area contributed by atoms with Crippen molar-refractivity contribution >= 4 is 143 Å². The first kappa shape index (κ1) is 38.7. The Labute approximate surface area is 402 Å². The Kier molecular flexibility index (Phi) is 8.33. The zero-order valence-corrected chi connectivity index (χ0v) is 37.8. The lowest BCUT2D eigenvalue weighted by Crippen LogP contribution is -2.11. The van der Waals surface area contributed by atoms with Crippen molar-refractivity contribution in [1.29, 1.82) is 0 Å². The van der Waals surface area contributed by atoms with Crippen LogP contribution in [0.1, 0.15) is 0 Å². The molecule has 0 N–H and O–H groups in total. The van der Waals surface area contributed by atoms with E-state index in [-0.39, 0.29) is 0 Å². The maximum Gasteiger partial charge on any atom is 0.159 e. The molecule has 0 aliphatic heterocycles. The van der Waals surface area contributed by atoms with Gasteiger partial charge in [-0.2, -0.15) is 0 Å². The molecule has 2 heterocycles. The van der Waals surface area contributed by atoms with Crippen LogP contribution in [0.5, 0.6) is 0 Å². The molecule has 0 amide bonds.